The standard InChI is InChI=1S/C31H18F9NO2S/c1-2-3-4-16-5-7-17(8-6-16)18-9-10-25-26(11-18)44-29(41-25)31(39,40)43-19-12-21(32)27(22(33)13-19)30(37,38)42-20-14-23(34)28(36)24(35)15-20/h2,5-15H,1,3-4H2. The minimum Gasteiger partial charge on any atom is -0.429 e. The van der Waals surface area contributed by atoms with Gasteiger partial charge in [-0.25, -0.2) is 26.9 Å². The first-order chi connectivity index (χ1) is 20.8. The molecule has 0 fully saturated rings. The molecule has 13 heteroatoms. The van der Waals surface area contributed by atoms with Crippen molar-refractivity contribution >= 4 is 21.6 Å². The molecule has 44 heavy (non-hydrogen) atoms. The summed E-state index contributed by atoms with van der Waals surface area (Å²) in [6.07, 6.45) is -5.69. The molecule has 0 unspecified atom stereocenters. The summed E-state index contributed by atoms with van der Waals surface area (Å²) in [6, 6.07) is 12.7. The molecular formula is C31H18F9NO2S. The lowest BCUT2D eigenvalue weighted by molar-refractivity contribution is -0.190. The number of halogens is 9. The van der Waals surface area contributed by atoms with Crippen molar-refractivity contribution in [3.8, 4) is 22.6 Å². The summed E-state index contributed by atoms with van der Waals surface area (Å²) < 4.78 is 137. The summed E-state index contributed by atoms with van der Waals surface area (Å²) in [5.41, 5.74) is 0.773. The fourth-order valence-corrected chi connectivity index (χ4v) is 5.15. The Hall–Kier alpha value is -4.52. The zero-order valence-corrected chi connectivity index (χ0v) is 22.9. The van der Waals surface area contributed by atoms with Crippen LogP contribution in [0, 0.1) is 29.1 Å². The van der Waals surface area contributed by atoms with E-state index in [4.69, 9.17) is 0 Å². The zero-order valence-electron chi connectivity index (χ0n) is 22.1. The van der Waals surface area contributed by atoms with Crippen LogP contribution in [0.3, 0.4) is 0 Å². The molecule has 0 atom stereocenters. The summed E-state index contributed by atoms with van der Waals surface area (Å²) in [6.45, 7) is 3.69. The van der Waals surface area contributed by atoms with Gasteiger partial charge in [0, 0.05) is 24.3 Å². The molecule has 0 bridgehead atoms. The van der Waals surface area contributed by atoms with E-state index in [9.17, 15) is 30.7 Å². The highest BCUT2D eigenvalue weighted by Crippen LogP contribution is 2.41. The number of ether oxygens (including phenoxy) is 2. The third-order valence-corrected chi connectivity index (χ3v) is 7.39. The van der Waals surface area contributed by atoms with Crippen LogP contribution in [0.4, 0.5) is 39.5 Å². The van der Waals surface area contributed by atoms with Gasteiger partial charge in [-0.05, 0) is 41.7 Å². The van der Waals surface area contributed by atoms with E-state index in [1.54, 1.807) is 12.1 Å². The van der Waals surface area contributed by atoms with Gasteiger partial charge in [0.15, 0.2) is 17.5 Å². The molecule has 5 rings (SSSR count). The minimum atomic E-state index is -4.90. The van der Waals surface area contributed by atoms with Crippen LogP contribution >= 0.6 is 11.3 Å². The van der Waals surface area contributed by atoms with Gasteiger partial charge in [0.05, 0.1) is 10.2 Å². The summed E-state index contributed by atoms with van der Waals surface area (Å²) in [4.78, 5) is 3.85. The van der Waals surface area contributed by atoms with Gasteiger partial charge < -0.3 is 9.47 Å². The summed E-state index contributed by atoms with van der Waals surface area (Å²) >= 11 is 0.554. The van der Waals surface area contributed by atoms with E-state index in [1.165, 1.54) is 6.07 Å². The number of aromatic nitrogens is 1. The van der Waals surface area contributed by atoms with Crippen LogP contribution in [0.25, 0.3) is 21.3 Å². The van der Waals surface area contributed by atoms with Crippen LogP contribution in [-0.4, -0.2) is 4.98 Å². The topological polar surface area (TPSA) is 31.4 Å². The molecule has 0 spiro atoms. The largest absolute Gasteiger partial charge is 0.454 e. The maximum Gasteiger partial charge on any atom is 0.454 e. The molecule has 0 amide bonds. The number of fused-ring (bicyclic) bond motifs is 1. The number of allylic oxidation sites excluding steroid dienone is 1. The fourth-order valence-electron chi connectivity index (χ4n) is 4.23. The SMILES string of the molecule is C=CCCc1ccc(-c2ccc3nc(C(F)(F)Oc4cc(F)c(C(F)(F)Oc5cc(F)c(F)c(F)c5)c(F)c4)sc3c2)cc1. The molecule has 228 valence electrons. The maximum absolute atomic E-state index is 15.0. The Kier molecular flexibility index (Phi) is 8.34. The smallest absolute Gasteiger partial charge is 0.429 e. The van der Waals surface area contributed by atoms with Crippen LogP contribution < -0.4 is 9.47 Å². The van der Waals surface area contributed by atoms with Crippen LogP contribution in [0.15, 0.2) is 79.4 Å². The summed E-state index contributed by atoms with van der Waals surface area (Å²) in [5.74, 6) is -12.4. The number of hydrogen-bond acceptors (Lipinski definition) is 4. The minimum absolute atomic E-state index is 0.0302. The van der Waals surface area contributed by atoms with Gasteiger partial charge in [0.1, 0.15) is 28.7 Å². The lowest BCUT2D eigenvalue weighted by Crippen LogP contribution is -2.26. The molecule has 0 aliphatic carbocycles. The van der Waals surface area contributed by atoms with Crippen molar-refractivity contribution in [2.45, 2.75) is 25.1 Å². The first-order valence-electron chi connectivity index (χ1n) is 12.7. The molecular weight excluding hydrogens is 621 g/mol. The average Bonchev–Trinajstić information content (AvgIpc) is 3.39. The summed E-state index contributed by atoms with van der Waals surface area (Å²) in [5, 5.41) is -0.872. The quantitative estimate of drug-likeness (QED) is 0.0866. The number of thiazole rings is 1. The van der Waals surface area contributed by atoms with E-state index in [-0.39, 0.29) is 29.8 Å². The number of nitrogens with zero attached hydrogens (tertiary/aromatic N) is 1. The Morgan fingerprint density at radius 2 is 1.25 bits per heavy atom. The lowest BCUT2D eigenvalue weighted by Gasteiger charge is -2.21. The van der Waals surface area contributed by atoms with Crippen molar-refractivity contribution in [1.82, 2.24) is 4.98 Å². The van der Waals surface area contributed by atoms with E-state index in [1.807, 2.05) is 30.3 Å². The normalized spacial score (nSPS) is 12.0. The average molecular weight is 640 g/mol. The monoisotopic (exact) mass is 639 g/mol. The zero-order chi connectivity index (χ0) is 31.8. The van der Waals surface area contributed by atoms with Crippen LogP contribution in [0.2, 0.25) is 0 Å². The number of hydrogen-bond donors (Lipinski definition) is 0. The first kappa shape index (κ1) is 30.9. The van der Waals surface area contributed by atoms with Crippen molar-refractivity contribution in [3.05, 3.63) is 125 Å². The van der Waals surface area contributed by atoms with Gasteiger partial charge in [-0.1, -0.05) is 36.4 Å². The number of rotatable bonds is 10. The van der Waals surface area contributed by atoms with Crippen molar-refractivity contribution in [3.63, 3.8) is 0 Å². The molecule has 0 saturated heterocycles. The fraction of sp³-hybridized carbons (Fsp3) is 0.129. The molecule has 1 heterocycles. The van der Waals surface area contributed by atoms with Gasteiger partial charge in [-0.2, -0.15) is 17.6 Å². The van der Waals surface area contributed by atoms with E-state index in [0.29, 0.717) is 16.0 Å². The Balaban J connectivity index is 1.36. The molecule has 0 radical (unpaired) electrons. The Labute approximate surface area is 247 Å². The molecule has 0 saturated carbocycles. The predicted octanol–water partition coefficient (Wildman–Crippen LogP) is 10.0. The maximum atomic E-state index is 15.0. The van der Waals surface area contributed by atoms with Crippen LogP contribution in [0.5, 0.6) is 11.5 Å². The van der Waals surface area contributed by atoms with Gasteiger partial charge in [-0.15, -0.1) is 17.9 Å². The second-order valence-electron chi connectivity index (χ2n) is 9.43. The first-order valence-corrected chi connectivity index (χ1v) is 13.5. The molecule has 3 nitrogen and oxygen atoms in total. The Bertz CT molecular complexity index is 1810. The van der Waals surface area contributed by atoms with Gasteiger partial charge >= 0.3 is 12.2 Å². The third kappa shape index (κ3) is 6.37. The van der Waals surface area contributed by atoms with Crippen molar-refractivity contribution in [2.75, 3.05) is 0 Å². The van der Waals surface area contributed by atoms with Crippen molar-refractivity contribution in [2.24, 2.45) is 0 Å². The number of aryl methyl sites for hydroxylation is 1. The van der Waals surface area contributed by atoms with Crippen LogP contribution in [-0.2, 0) is 18.6 Å². The molecule has 4 aromatic carbocycles. The molecule has 0 aliphatic heterocycles. The summed E-state index contributed by atoms with van der Waals surface area (Å²) in [7, 11) is 0. The van der Waals surface area contributed by atoms with E-state index in [2.05, 4.69) is 21.0 Å². The molecule has 1 aromatic heterocycles. The molecule has 0 N–H and O–H groups in total. The molecule has 5 aromatic rings. The second-order valence-corrected chi connectivity index (χ2v) is 10.5. The van der Waals surface area contributed by atoms with Crippen LogP contribution in [0.1, 0.15) is 22.6 Å². The Morgan fingerprint density at radius 1 is 0.705 bits per heavy atom. The van der Waals surface area contributed by atoms with E-state index < -0.39 is 63.4 Å². The van der Waals surface area contributed by atoms with Gasteiger partial charge in [0.2, 0.25) is 5.01 Å². The van der Waals surface area contributed by atoms with E-state index >= 15 is 8.78 Å². The van der Waals surface area contributed by atoms with Gasteiger partial charge in [0.25, 0.3) is 0 Å². The number of alkyl halides is 4. The third-order valence-electron chi connectivity index (χ3n) is 6.32. The lowest BCUT2D eigenvalue weighted by atomic mass is 10.0. The van der Waals surface area contributed by atoms with Crippen molar-refractivity contribution < 1.29 is 49.0 Å². The second kappa shape index (κ2) is 11.9. The highest BCUT2D eigenvalue weighted by molar-refractivity contribution is 7.18. The molecule has 0 aliphatic rings. The van der Waals surface area contributed by atoms with Gasteiger partial charge in [-0.3, -0.25) is 0 Å². The number of benzene rings is 4. The predicted molar refractivity (Wildman–Crippen MR) is 145 cm³/mol. The van der Waals surface area contributed by atoms with E-state index in [0.717, 1.165) is 29.5 Å². The highest BCUT2D eigenvalue weighted by atomic mass is 32.1. The Morgan fingerprint density at radius 3 is 1.84 bits per heavy atom. The van der Waals surface area contributed by atoms with Crippen molar-refractivity contribution in [1.29, 1.82) is 0 Å². The highest BCUT2D eigenvalue weighted by Gasteiger charge is 2.43.